The lowest BCUT2D eigenvalue weighted by atomic mass is 9.57. The number of hydrogen-bond acceptors (Lipinski definition) is 4. The predicted octanol–water partition coefficient (Wildman–Crippen LogP) is 4.08. The van der Waals surface area contributed by atoms with Crippen molar-refractivity contribution in [3.8, 4) is 0 Å². The molecular weight excluding hydrogens is 418 g/mol. The van der Waals surface area contributed by atoms with Gasteiger partial charge in [-0.3, -0.25) is 14.4 Å². The molecule has 0 fully saturated rings. The smallest absolute Gasteiger partial charge is 0.291 e. The second kappa shape index (κ2) is 7.92. The van der Waals surface area contributed by atoms with Crippen LogP contribution in [0.25, 0.3) is 0 Å². The lowest BCUT2D eigenvalue weighted by molar-refractivity contribution is -0.127. The molecular formula is C26H27N3O4. The monoisotopic (exact) mass is 445 g/mol. The van der Waals surface area contributed by atoms with Crippen molar-refractivity contribution in [3.05, 3.63) is 83.8 Å². The molecule has 2 aromatic carbocycles. The van der Waals surface area contributed by atoms with Crippen molar-refractivity contribution in [3.63, 3.8) is 0 Å². The van der Waals surface area contributed by atoms with E-state index in [1.165, 1.54) is 13.2 Å². The lowest BCUT2D eigenvalue weighted by Crippen LogP contribution is -2.65. The van der Waals surface area contributed by atoms with Crippen LogP contribution in [-0.4, -0.2) is 23.3 Å². The summed E-state index contributed by atoms with van der Waals surface area (Å²) in [5, 5.41) is 2.82. The number of amides is 3. The topological polar surface area (TPSA) is 106 Å². The van der Waals surface area contributed by atoms with Crippen LogP contribution in [-0.2, 0) is 15.0 Å². The SMILES string of the molecule is CC(=O)N1c2cc(NC(=O)c3ccco3)ccc2C(C)(c2ccccc2)C(C(N)=O)C1(C)C. The minimum absolute atomic E-state index is 0.180. The van der Waals surface area contributed by atoms with Crippen molar-refractivity contribution in [2.75, 3.05) is 10.2 Å². The van der Waals surface area contributed by atoms with Gasteiger partial charge in [-0.25, -0.2) is 0 Å². The fourth-order valence-electron chi connectivity index (χ4n) is 5.45. The number of hydrogen-bond donors (Lipinski definition) is 2. The number of nitrogens with two attached hydrogens (primary N) is 1. The summed E-state index contributed by atoms with van der Waals surface area (Å²) in [5.41, 5.74) is 7.07. The highest BCUT2D eigenvalue weighted by Gasteiger charge is 2.57. The standard InChI is InChI=1S/C26H27N3O4/c1-16(30)29-20-15-18(28-24(32)21-11-8-14-33-21)12-13-19(20)26(4,17-9-6-5-7-10-17)22(23(27)31)25(29,2)3/h5-15,22H,1-4H3,(H2,27,31)(H,28,32). The molecule has 3 N–H and O–H groups in total. The molecule has 0 spiro atoms. The van der Waals surface area contributed by atoms with E-state index in [0.717, 1.165) is 11.1 Å². The fraction of sp³-hybridized carbons (Fsp3) is 0.269. The Hall–Kier alpha value is -3.87. The molecule has 7 nitrogen and oxygen atoms in total. The van der Waals surface area contributed by atoms with E-state index < -0.39 is 28.7 Å². The van der Waals surface area contributed by atoms with Gasteiger partial charge in [0.1, 0.15) is 0 Å². The summed E-state index contributed by atoms with van der Waals surface area (Å²) in [4.78, 5) is 39.9. The highest BCUT2D eigenvalue weighted by Crippen LogP contribution is 2.54. The Morgan fingerprint density at radius 2 is 1.70 bits per heavy atom. The Labute approximate surface area is 192 Å². The molecule has 2 heterocycles. The van der Waals surface area contributed by atoms with E-state index >= 15 is 0 Å². The molecule has 0 saturated carbocycles. The summed E-state index contributed by atoms with van der Waals surface area (Å²) < 4.78 is 5.18. The largest absolute Gasteiger partial charge is 0.459 e. The number of fused-ring (bicyclic) bond motifs is 1. The van der Waals surface area contributed by atoms with Gasteiger partial charge in [-0.05, 0) is 49.2 Å². The van der Waals surface area contributed by atoms with E-state index in [2.05, 4.69) is 5.32 Å². The van der Waals surface area contributed by atoms with Crippen molar-refractivity contribution in [1.29, 1.82) is 0 Å². The highest BCUT2D eigenvalue weighted by atomic mass is 16.3. The zero-order chi connectivity index (χ0) is 24.0. The zero-order valence-electron chi connectivity index (χ0n) is 19.1. The third-order valence-corrected chi connectivity index (χ3v) is 6.63. The summed E-state index contributed by atoms with van der Waals surface area (Å²) in [7, 11) is 0. The fourth-order valence-corrected chi connectivity index (χ4v) is 5.45. The predicted molar refractivity (Wildman–Crippen MR) is 126 cm³/mol. The Morgan fingerprint density at radius 1 is 1.00 bits per heavy atom. The van der Waals surface area contributed by atoms with E-state index in [0.29, 0.717) is 11.4 Å². The summed E-state index contributed by atoms with van der Waals surface area (Å²) in [6, 6.07) is 18.3. The van der Waals surface area contributed by atoms with Gasteiger partial charge in [0.05, 0.1) is 23.4 Å². The van der Waals surface area contributed by atoms with E-state index in [9.17, 15) is 14.4 Å². The Morgan fingerprint density at radius 3 is 2.27 bits per heavy atom. The van der Waals surface area contributed by atoms with Crippen molar-refractivity contribution >= 4 is 29.1 Å². The summed E-state index contributed by atoms with van der Waals surface area (Å²) in [6.45, 7) is 7.14. The first-order valence-corrected chi connectivity index (χ1v) is 10.7. The lowest BCUT2D eigenvalue weighted by Gasteiger charge is -2.55. The molecule has 0 aliphatic carbocycles. The van der Waals surface area contributed by atoms with Crippen molar-refractivity contribution in [2.24, 2.45) is 11.7 Å². The molecule has 2 unspecified atom stereocenters. The number of primary amides is 1. The van der Waals surface area contributed by atoms with Crippen LogP contribution in [0.15, 0.2) is 71.3 Å². The zero-order valence-corrected chi connectivity index (χ0v) is 19.1. The minimum Gasteiger partial charge on any atom is -0.459 e. The molecule has 2 atom stereocenters. The number of rotatable bonds is 4. The summed E-state index contributed by atoms with van der Waals surface area (Å²) >= 11 is 0. The molecule has 0 saturated heterocycles. The number of carbonyl (C=O) groups excluding carboxylic acids is 3. The average molecular weight is 446 g/mol. The van der Waals surface area contributed by atoms with Crippen LogP contribution >= 0.6 is 0 Å². The first-order valence-electron chi connectivity index (χ1n) is 10.7. The van der Waals surface area contributed by atoms with Crippen LogP contribution in [0.2, 0.25) is 0 Å². The van der Waals surface area contributed by atoms with Gasteiger partial charge in [-0.15, -0.1) is 0 Å². The normalized spacial score (nSPS) is 21.2. The van der Waals surface area contributed by atoms with E-state index in [4.69, 9.17) is 10.2 Å². The summed E-state index contributed by atoms with van der Waals surface area (Å²) in [5.74, 6) is -1.63. The van der Waals surface area contributed by atoms with Gasteiger partial charge in [0, 0.05) is 18.0 Å². The number of carbonyl (C=O) groups is 3. The molecule has 7 heteroatoms. The van der Waals surface area contributed by atoms with Gasteiger partial charge in [0.25, 0.3) is 5.91 Å². The van der Waals surface area contributed by atoms with Crippen LogP contribution in [0, 0.1) is 5.92 Å². The third-order valence-electron chi connectivity index (χ3n) is 6.63. The molecule has 4 rings (SSSR count). The average Bonchev–Trinajstić information content (AvgIpc) is 3.28. The second-order valence-corrected chi connectivity index (χ2v) is 9.08. The van der Waals surface area contributed by atoms with Gasteiger partial charge in [-0.2, -0.15) is 0 Å². The minimum atomic E-state index is -0.932. The molecule has 0 radical (unpaired) electrons. The molecule has 0 bridgehead atoms. The first-order chi connectivity index (χ1) is 15.6. The summed E-state index contributed by atoms with van der Waals surface area (Å²) in [6.07, 6.45) is 1.43. The first kappa shape index (κ1) is 22.3. The van der Waals surface area contributed by atoms with Gasteiger partial charge in [0.15, 0.2) is 5.76 Å². The quantitative estimate of drug-likeness (QED) is 0.631. The van der Waals surface area contributed by atoms with Gasteiger partial charge in [0.2, 0.25) is 11.8 Å². The second-order valence-electron chi connectivity index (χ2n) is 9.08. The maximum Gasteiger partial charge on any atom is 0.291 e. The Bertz CT molecular complexity index is 1220. The van der Waals surface area contributed by atoms with Crippen LogP contribution < -0.4 is 16.0 Å². The highest BCUT2D eigenvalue weighted by molar-refractivity contribution is 6.04. The van der Waals surface area contributed by atoms with E-state index in [1.807, 2.05) is 57.2 Å². The Kier molecular flexibility index (Phi) is 5.36. The van der Waals surface area contributed by atoms with Gasteiger partial charge in [-0.1, -0.05) is 43.3 Å². The van der Waals surface area contributed by atoms with Crippen LogP contribution in [0.3, 0.4) is 0 Å². The van der Waals surface area contributed by atoms with Crippen LogP contribution in [0.5, 0.6) is 0 Å². The third kappa shape index (κ3) is 3.50. The maximum absolute atomic E-state index is 12.9. The molecule has 3 aromatic rings. The molecule has 170 valence electrons. The maximum atomic E-state index is 12.9. The molecule has 33 heavy (non-hydrogen) atoms. The molecule has 1 aliphatic heterocycles. The molecule has 3 amide bonds. The van der Waals surface area contributed by atoms with Gasteiger partial charge >= 0.3 is 0 Å². The number of nitrogens with zero attached hydrogens (tertiary/aromatic N) is 1. The number of nitrogens with one attached hydrogen (secondary N) is 1. The van der Waals surface area contributed by atoms with E-state index in [1.54, 1.807) is 29.2 Å². The van der Waals surface area contributed by atoms with Gasteiger partial charge < -0.3 is 20.4 Å². The van der Waals surface area contributed by atoms with E-state index in [-0.39, 0.29) is 11.7 Å². The van der Waals surface area contributed by atoms with Crippen LogP contribution in [0.1, 0.15) is 49.4 Å². The number of furan rings is 1. The van der Waals surface area contributed by atoms with Crippen LogP contribution in [0.4, 0.5) is 11.4 Å². The van der Waals surface area contributed by atoms with Crippen molar-refractivity contribution in [2.45, 2.75) is 38.6 Å². The number of anilines is 2. The number of benzene rings is 2. The molecule has 1 aromatic heterocycles. The Balaban J connectivity index is 1.94. The van der Waals surface area contributed by atoms with Crippen molar-refractivity contribution in [1.82, 2.24) is 0 Å². The molecule has 1 aliphatic rings. The van der Waals surface area contributed by atoms with Crippen molar-refractivity contribution < 1.29 is 18.8 Å².